The van der Waals surface area contributed by atoms with Crippen molar-refractivity contribution in [3.8, 4) is 0 Å². The number of ether oxygens (including phenoxy) is 1. The quantitative estimate of drug-likeness (QED) is 0.596. The van der Waals surface area contributed by atoms with Crippen molar-refractivity contribution in [1.29, 1.82) is 0 Å². The molecule has 0 fully saturated rings. The summed E-state index contributed by atoms with van der Waals surface area (Å²) in [5, 5.41) is 5.36. The predicted octanol–water partition coefficient (Wildman–Crippen LogP) is 2.50. The Morgan fingerprint density at radius 2 is 1.97 bits per heavy atom. The molecule has 0 bridgehead atoms. The van der Waals surface area contributed by atoms with Crippen LogP contribution < -0.4 is 10.0 Å². The molecule has 0 aliphatic carbocycles. The van der Waals surface area contributed by atoms with Gasteiger partial charge in [0, 0.05) is 6.07 Å². The van der Waals surface area contributed by atoms with E-state index < -0.39 is 56.2 Å². The molecule has 0 aliphatic heterocycles. The largest absolute Gasteiger partial charge is 0.452 e. The zero-order chi connectivity index (χ0) is 22.7. The molecule has 2 rings (SSSR count). The van der Waals surface area contributed by atoms with Gasteiger partial charge in [-0.1, -0.05) is 16.8 Å². The number of nitrogens with zero attached hydrogens (tertiary/aromatic N) is 1. The number of hydrogen-bond acceptors (Lipinski definition) is 7. The number of esters is 1. The maximum Gasteiger partial charge on any atom is 0.416 e. The lowest BCUT2D eigenvalue weighted by Crippen LogP contribution is -2.36. The summed E-state index contributed by atoms with van der Waals surface area (Å²) < 4.78 is 74.2. The van der Waals surface area contributed by atoms with Crippen LogP contribution in [0.2, 0.25) is 5.02 Å². The normalized spacial score (nSPS) is 13.0. The average Bonchev–Trinajstić information content (AvgIpc) is 3.04. The zero-order valence-electron chi connectivity index (χ0n) is 15.4. The Balaban J connectivity index is 1.98. The maximum atomic E-state index is 12.8. The molecule has 1 aromatic heterocycles. The number of amides is 1. The smallest absolute Gasteiger partial charge is 0.416 e. The molecule has 1 aromatic carbocycles. The van der Waals surface area contributed by atoms with Crippen LogP contribution in [0.15, 0.2) is 33.7 Å². The number of rotatable bonds is 7. The number of benzene rings is 1. The standard InChI is InChI=1S/C16H15ClF3N3O6S/c1-8-5-13(29-23-8)22-15(25)9(2)28-14(24)7-21-30(26,27)12-6-10(16(18,19)20)3-4-11(12)17/h3-6,9,21H,7H2,1-2H3,(H,22,25). The van der Waals surface area contributed by atoms with Gasteiger partial charge in [0.2, 0.25) is 15.9 Å². The second-order valence-electron chi connectivity index (χ2n) is 5.92. The first-order valence-corrected chi connectivity index (χ1v) is 9.96. The monoisotopic (exact) mass is 469 g/mol. The molecule has 2 aromatic rings. The molecule has 14 heteroatoms. The number of halogens is 4. The first-order valence-electron chi connectivity index (χ1n) is 8.09. The summed E-state index contributed by atoms with van der Waals surface area (Å²) in [5.74, 6) is -1.92. The van der Waals surface area contributed by atoms with E-state index in [9.17, 15) is 31.2 Å². The molecule has 30 heavy (non-hydrogen) atoms. The summed E-state index contributed by atoms with van der Waals surface area (Å²) in [4.78, 5) is 22.9. The fraction of sp³-hybridized carbons (Fsp3) is 0.312. The number of anilines is 1. The summed E-state index contributed by atoms with van der Waals surface area (Å²) in [6.45, 7) is 1.88. The second kappa shape index (κ2) is 9.02. The van der Waals surface area contributed by atoms with Crippen molar-refractivity contribution >= 4 is 39.4 Å². The van der Waals surface area contributed by atoms with Gasteiger partial charge >= 0.3 is 12.1 Å². The lowest BCUT2D eigenvalue weighted by Gasteiger charge is -2.14. The van der Waals surface area contributed by atoms with E-state index in [1.54, 1.807) is 11.6 Å². The van der Waals surface area contributed by atoms with E-state index in [2.05, 4.69) is 10.5 Å². The molecular formula is C16H15ClF3N3O6S. The van der Waals surface area contributed by atoms with Gasteiger partial charge in [-0.2, -0.15) is 17.9 Å². The molecule has 0 saturated carbocycles. The van der Waals surface area contributed by atoms with Crippen molar-refractivity contribution in [2.45, 2.75) is 31.0 Å². The number of aromatic nitrogens is 1. The third-order valence-corrected chi connectivity index (χ3v) is 5.39. The van der Waals surface area contributed by atoms with Gasteiger partial charge in [0.05, 0.1) is 16.3 Å². The minimum Gasteiger partial charge on any atom is -0.452 e. The number of sulfonamides is 1. The van der Waals surface area contributed by atoms with Gasteiger partial charge in [0.1, 0.15) is 11.4 Å². The Morgan fingerprint density at radius 1 is 1.30 bits per heavy atom. The number of hydrogen-bond donors (Lipinski definition) is 2. The van der Waals surface area contributed by atoms with Gasteiger partial charge in [0.25, 0.3) is 5.91 Å². The van der Waals surface area contributed by atoms with Crippen LogP contribution in [0.25, 0.3) is 0 Å². The van der Waals surface area contributed by atoms with E-state index >= 15 is 0 Å². The molecule has 0 spiro atoms. The van der Waals surface area contributed by atoms with Gasteiger partial charge in [-0.05, 0) is 32.0 Å². The summed E-state index contributed by atoms with van der Waals surface area (Å²) in [7, 11) is -4.58. The molecule has 1 amide bonds. The maximum absolute atomic E-state index is 12.8. The topological polar surface area (TPSA) is 128 Å². The van der Waals surface area contributed by atoms with Gasteiger partial charge in [-0.15, -0.1) is 0 Å². The summed E-state index contributed by atoms with van der Waals surface area (Å²) in [6, 6.07) is 3.14. The van der Waals surface area contributed by atoms with E-state index in [1.165, 1.54) is 13.0 Å². The molecule has 2 N–H and O–H groups in total. The SMILES string of the molecule is Cc1cc(NC(=O)C(C)OC(=O)CNS(=O)(=O)c2cc(C(F)(F)F)ccc2Cl)on1. The van der Waals surface area contributed by atoms with Crippen LogP contribution in [0.4, 0.5) is 19.1 Å². The van der Waals surface area contributed by atoms with Crippen molar-refractivity contribution in [1.82, 2.24) is 9.88 Å². The van der Waals surface area contributed by atoms with Gasteiger partial charge in [-0.25, -0.2) is 8.42 Å². The molecule has 164 valence electrons. The van der Waals surface area contributed by atoms with Crippen molar-refractivity contribution in [2.75, 3.05) is 11.9 Å². The predicted molar refractivity (Wildman–Crippen MR) is 97.1 cm³/mol. The van der Waals surface area contributed by atoms with E-state index in [0.717, 1.165) is 6.07 Å². The number of aryl methyl sites for hydroxylation is 1. The minimum atomic E-state index is -4.79. The van der Waals surface area contributed by atoms with Gasteiger partial charge < -0.3 is 9.26 Å². The first kappa shape index (κ1) is 23.6. The Bertz CT molecular complexity index is 1050. The van der Waals surface area contributed by atoms with E-state index in [4.69, 9.17) is 20.9 Å². The van der Waals surface area contributed by atoms with E-state index in [0.29, 0.717) is 17.8 Å². The zero-order valence-corrected chi connectivity index (χ0v) is 17.0. The highest BCUT2D eigenvalue weighted by atomic mass is 35.5. The average molecular weight is 470 g/mol. The van der Waals surface area contributed by atoms with Crippen LogP contribution in [0.1, 0.15) is 18.2 Å². The Labute approximate surface area is 173 Å². The third kappa shape index (κ3) is 6.18. The highest BCUT2D eigenvalue weighted by Crippen LogP contribution is 2.33. The van der Waals surface area contributed by atoms with Crippen LogP contribution >= 0.6 is 11.6 Å². The van der Waals surface area contributed by atoms with Gasteiger partial charge in [-0.3, -0.25) is 14.9 Å². The van der Waals surface area contributed by atoms with Crippen molar-refractivity contribution in [3.05, 3.63) is 40.5 Å². The number of alkyl halides is 3. The third-order valence-electron chi connectivity index (χ3n) is 3.51. The minimum absolute atomic E-state index is 0.0142. The van der Waals surface area contributed by atoms with E-state index in [1.807, 2.05) is 0 Å². The van der Waals surface area contributed by atoms with Crippen LogP contribution in [-0.2, 0) is 30.5 Å². The summed E-state index contributed by atoms with van der Waals surface area (Å²) in [6.07, 6.45) is -6.12. The molecule has 1 heterocycles. The van der Waals surface area contributed by atoms with E-state index in [-0.39, 0.29) is 5.88 Å². The Kier molecular flexibility index (Phi) is 7.10. The van der Waals surface area contributed by atoms with Crippen molar-refractivity contribution < 1.29 is 40.4 Å². The summed E-state index contributed by atoms with van der Waals surface area (Å²) in [5.41, 5.74) is -0.736. The van der Waals surface area contributed by atoms with Crippen LogP contribution in [0.5, 0.6) is 0 Å². The Morgan fingerprint density at radius 3 is 2.53 bits per heavy atom. The molecular weight excluding hydrogens is 455 g/mol. The fourth-order valence-corrected chi connectivity index (χ4v) is 3.55. The first-order chi connectivity index (χ1) is 13.8. The molecule has 0 radical (unpaired) electrons. The number of carbonyl (C=O) groups is 2. The number of carbonyl (C=O) groups excluding carboxylic acids is 2. The molecule has 0 aliphatic rings. The van der Waals surface area contributed by atoms with Gasteiger partial charge in [0.15, 0.2) is 6.10 Å². The highest BCUT2D eigenvalue weighted by molar-refractivity contribution is 7.89. The molecule has 0 saturated heterocycles. The molecule has 9 nitrogen and oxygen atoms in total. The van der Waals surface area contributed by atoms with Crippen molar-refractivity contribution in [3.63, 3.8) is 0 Å². The molecule has 1 atom stereocenters. The second-order valence-corrected chi connectivity index (χ2v) is 8.06. The number of nitrogens with one attached hydrogen (secondary N) is 2. The lowest BCUT2D eigenvalue weighted by molar-refractivity contribution is -0.151. The highest BCUT2D eigenvalue weighted by Gasteiger charge is 2.33. The lowest BCUT2D eigenvalue weighted by atomic mass is 10.2. The van der Waals surface area contributed by atoms with Crippen LogP contribution in [0, 0.1) is 6.92 Å². The fourth-order valence-electron chi connectivity index (χ4n) is 2.06. The summed E-state index contributed by atoms with van der Waals surface area (Å²) >= 11 is 5.68. The van der Waals surface area contributed by atoms with Crippen LogP contribution in [-0.4, -0.2) is 38.1 Å². The molecule has 1 unspecified atom stereocenters. The van der Waals surface area contributed by atoms with Crippen molar-refractivity contribution in [2.24, 2.45) is 0 Å². The van der Waals surface area contributed by atoms with Crippen LogP contribution in [0.3, 0.4) is 0 Å². The Hall–Kier alpha value is -2.64.